The van der Waals surface area contributed by atoms with Gasteiger partial charge in [-0.05, 0) is 71.8 Å². The number of pyridine rings is 2. The summed E-state index contributed by atoms with van der Waals surface area (Å²) >= 11 is 0. The molecule has 0 fully saturated rings. The SMILES string of the molecule is Cc1cc2c(C(C)C)c(O)c(O)c(C=NCc3ccccn3)c2c(O)c1-c1c(C)cc2c(C(C)C)c(O)c(O)c(C=NCc3ccccn3)c2c1O. The monoisotopic (exact) mass is 698 g/mol. The van der Waals surface area contributed by atoms with Gasteiger partial charge < -0.3 is 30.6 Å². The topological polar surface area (TPSA) is 172 Å². The molecule has 0 aliphatic heterocycles. The summed E-state index contributed by atoms with van der Waals surface area (Å²) in [5.41, 5.74) is 4.26. The third-order valence-electron chi connectivity index (χ3n) is 9.39. The van der Waals surface area contributed by atoms with Gasteiger partial charge in [-0.1, -0.05) is 52.0 Å². The highest BCUT2D eigenvalue weighted by Gasteiger charge is 2.29. The predicted molar refractivity (Wildman–Crippen MR) is 206 cm³/mol. The molecule has 0 aliphatic rings. The number of benzene rings is 4. The molecule has 266 valence electrons. The van der Waals surface area contributed by atoms with Crippen molar-refractivity contribution in [3.05, 3.63) is 106 Å². The zero-order valence-electron chi connectivity index (χ0n) is 30.0. The fraction of sp³-hybridized carbons (Fsp3) is 0.238. The molecule has 0 unspecified atom stereocenters. The van der Waals surface area contributed by atoms with Gasteiger partial charge in [0, 0.05) is 69.0 Å². The summed E-state index contributed by atoms with van der Waals surface area (Å²) in [6, 6.07) is 14.6. The molecular weight excluding hydrogens is 656 g/mol. The Hall–Kier alpha value is -6.16. The Labute approximate surface area is 301 Å². The Morgan fingerprint density at radius 1 is 0.558 bits per heavy atom. The minimum atomic E-state index is -0.432. The van der Waals surface area contributed by atoms with Gasteiger partial charge in [0.25, 0.3) is 0 Å². The minimum Gasteiger partial charge on any atom is -0.507 e. The maximum absolute atomic E-state index is 12.3. The number of phenols is 6. The maximum atomic E-state index is 12.3. The zero-order valence-corrected chi connectivity index (χ0v) is 30.0. The average Bonchev–Trinajstić information content (AvgIpc) is 3.10. The molecule has 0 amide bonds. The highest BCUT2D eigenvalue weighted by molar-refractivity contribution is 6.15. The Balaban J connectivity index is 1.66. The normalized spacial score (nSPS) is 12.1. The van der Waals surface area contributed by atoms with Crippen LogP contribution in [-0.2, 0) is 13.1 Å². The second kappa shape index (κ2) is 14.2. The van der Waals surface area contributed by atoms with E-state index in [-0.39, 0.29) is 69.8 Å². The Bertz CT molecular complexity index is 2220. The van der Waals surface area contributed by atoms with Crippen molar-refractivity contribution in [3.8, 4) is 45.6 Å². The molecule has 0 saturated heterocycles. The Morgan fingerprint density at radius 2 is 0.942 bits per heavy atom. The number of hydrogen-bond donors (Lipinski definition) is 6. The van der Waals surface area contributed by atoms with Crippen LogP contribution in [0.25, 0.3) is 32.7 Å². The van der Waals surface area contributed by atoms with Gasteiger partial charge in [0.05, 0.1) is 24.5 Å². The maximum Gasteiger partial charge on any atom is 0.167 e. The third kappa shape index (κ3) is 6.21. The van der Waals surface area contributed by atoms with E-state index in [1.54, 1.807) is 38.4 Å². The summed E-state index contributed by atoms with van der Waals surface area (Å²) in [5, 5.41) is 71.4. The number of phenolic OH excluding ortho intramolecular Hbond substituents is 6. The van der Waals surface area contributed by atoms with Gasteiger partial charge in [0.15, 0.2) is 23.0 Å². The van der Waals surface area contributed by atoms with Crippen LogP contribution in [-0.4, -0.2) is 53.0 Å². The molecule has 6 aromatic rings. The van der Waals surface area contributed by atoms with E-state index in [1.165, 1.54) is 12.4 Å². The van der Waals surface area contributed by atoms with Gasteiger partial charge in [-0.25, -0.2) is 0 Å². The van der Waals surface area contributed by atoms with Crippen LogP contribution in [0.2, 0.25) is 0 Å². The van der Waals surface area contributed by atoms with Crippen molar-refractivity contribution in [2.75, 3.05) is 0 Å². The first kappa shape index (κ1) is 35.7. The van der Waals surface area contributed by atoms with Crippen LogP contribution < -0.4 is 0 Å². The molecule has 10 nitrogen and oxygen atoms in total. The smallest absolute Gasteiger partial charge is 0.167 e. The van der Waals surface area contributed by atoms with E-state index in [0.29, 0.717) is 55.5 Å². The van der Waals surface area contributed by atoms with Crippen LogP contribution in [0.5, 0.6) is 34.5 Å². The number of fused-ring (bicyclic) bond motifs is 2. The molecule has 6 N–H and O–H groups in total. The van der Waals surface area contributed by atoms with Gasteiger partial charge in [-0.3, -0.25) is 20.0 Å². The number of hydrogen-bond acceptors (Lipinski definition) is 10. The first-order valence-corrected chi connectivity index (χ1v) is 17.1. The predicted octanol–water partition coefficient (Wildman–Crippen LogP) is 8.79. The molecule has 2 aromatic heterocycles. The summed E-state index contributed by atoms with van der Waals surface area (Å²) in [4.78, 5) is 17.6. The van der Waals surface area contributed by atoms with Crippen molar-refractivity contribution in [2.24, 2.45) is 9.98 Å². The Kier molecular flexibility index (Phi) is 9.75. The molecule has 0 bridgehead atoms. The standard InChI is InChI=1S/C42H42N4O6/c1-21(2)31-27-15-23(5)33(39(49)35(27)29(37(47)41(31)51)19-43-17-25-11-7-9-13-45-25)34-24(6)16-28-32(22(3)4)42(52)38(48)30(36(28)40(34)50)20-44-18-26-12-8-10-14-46-26/h7-16,19-22,47-52H,17-18H2,1-6H3. The summed E-state index contributed by atoms with van der Waals surface area (Å²) in [5.74, 6) is -2.40. The molecule has 10 heteroatoms. The van der Waals surface area contributed by atoms with Gasteiger partial charge in [0.1, 0.15) is 11.5 Å². The molecule has 0 atom stereocenters. The number of aliphatic imine (C=N–C) groups is 2. The molecule has 4 aromatic carbocycles. The fourth-order valence-electron chi connectivity index (χ4n) is 7.07. The van der Waals surface area contributed by atoms with E-state index in [1.807, 2.05) is 64.1 Å². The number of rotatable bonds is 9. The van der Waals surface area contributed by atoms with Crippen molar-refractivity contribution in [2.45, 2.75) is 66.5 Å². The van der Waals surface area contributed by atoms with E-state index >= 15 is 0 Å². The lowest BCUT2D eigenvalue weighted by Crippen LogP contribution is -2.01. The number of aromatic nitrogens is 2. The summed E-state index contributed by atoms with van der Waals surface area (Å²) in [6.45, 7) is 11.5. The summed E-state index contributed by atoms with van der Waals surface area (Å²) < 4.78 is 0. The van der Waals surface area contributed by atoms with Crippen LogP contribution in [0.15, 0.2) is 70.9 Å². The molecule has 0 aliphatic carbocycles. The van der Waals surface area contributed by atoms with Crippen LogP contribution in [0.1, 0.15) is 84.3 Å². The first-order chi connectivity index (χ1) is 24.8. The van der Waals surface area contributed by atoms with Crippen molar-refractivity contribution in [3.63, 3.8) is 0 Å². The molecule has 52 heavy (non-hydrogen) atoms. The van der Waals surface area contributed by atoms with Crippen molar-refractivity contribution < 1.29 is 30.6 Å². The van der Waals surface area contributed by atoms with Gasteiger partial charge >= 0.3 is 0 Å². The third-order valence-corrected chi connectivity index (χ3v) is 9.39. The molecule has 0 saturated carbocycles. The first-order valence-electron chi connectivity index (χ1n) is 17.1. The molecule has 0 radical (unpaired) electrons. The van der Waals surface area contributed by atoms with Crippen molar-refractivity contribution >= 4 is 34.0 Å². The van der Waals surface area contributed by atoms with Gasteiger partial charge in [-0.2, -0.15) is 0 Å². The minimum absolute atomic E-state index is 0.108. The lowest BCUT2D eigenvalue weighted by atomic mass is 9.83. The number of nitrogens with zero attached hydrogens (tertiary/aromatic N) is 4. The van der Waals surface area contributed by atoms with Crippen molar-refractivity contribution in [1.29, 1.82) is 0 Å². The quantitative estimate of drug-likeness (QED) is 0.0642. The molecule has 2 heterocycles. The second-order valence-electron chi connectivity index (χ2n) is 13.6. The van der Waals surface area contributed by atoms with Crippen LogP contribution in [0.3, 0.4) is 0 Å². The molecule has 6 rings (SSSR count). The highest BCUT2D eigenvalue weighted by Crippen LogP contribution is 2.54. The number of aryl methyl sites for hydroxylation is 2. The van der Waals surface area contributed by atoms with Crippen LogP contribution >= 0.6 is 0 Å². The van der Waals surface area contributed by atoms with E-state index in [2.05, 4.69) is 20.0 Å². The van der Waals surface area contributed by atoms with Gasteiger partial charge in [0.2, 0.25) is 0 Å². The zero-order chi connectivity index (χ0) is 37.4. The fourth-order valence-corrected chi connectivity index (χ4v) is 7.07. The molecule has 0 spiro atoms. The lowest BCUT2D eigenvalue weighted by molar-refractivity contribution is 0.398. The van der Waals surface area contributed by atoms with Crippen molar-refractivity contribution in [1.82, 2.24) is 9.97 Å². The van der Waals surface area contributed by atoms with E-state index in [4.69, 9.17) is 0 Å². The highest BCUT2D eigenvalue weighted by atomic mass is 16.3. The number of aromatic hydroxyl groups is 6. The summed E-state index contributed by atoms with van der Waals surface area (Å²) in [6.07, 6.45) is 6.13. The largest absolute Gasteiger partial charge is 0.507 e. The Morgan fingerprint density at radius 3 is 1.27 bits per heavy atom. The van der Waals surface area contributed by atoms with E-state index in [0.717, 1.165) is 0 Å². The molecular formula is C42H42N4O6. The van der Waals surface area contributed by atoms with Crippen LogP contribution in [0, 0.1) is 13.8 Å². The van der Waals surface area contributed by atoms with Gasteiger partial charge in [-0.15, -0.1) is 0 Å². The van der Waals surface area contributed by atoms with Crippen LogP contribution in [0.4, 0.5) is 0 Å². The van der Waals surface area contributed by atoms with E-state index < -0.39 is 11.5 Å². The summed E-state index contributed by atoms with van der Waals surface area (Å²) in [7, 11) is 0. The second-order valence-corrected chi connectivity index (χ2v) is 13.6. The van der Waals surface area contributed by atoms with E-state index in [9.17, 15) is 30.6 Å². The lowest BCUT2D eigenvalue weighted by Gasteiger charge is -2.23. The average molecular weight is 699 g/mol.